The van der Waals surface area contributed by atoms with Crippen molar-refractivity contribution in [3.63, 3.8) is 0 Å². The Morgan fingerprint density at radius 1 is 1.37 bits per heavy atom. The molecular weight excluding hydrogens is 264 g/mol. The Bertz CT molecular complexity index is 607. The van der Waals surface area contributed by atoms with Gasteiger partial charge in [0.2, 0.25) is 0 Å². The molecule has 1 aromatic heterocycles. The average molecular weight is 279 g/mol. The van der Waals surface area contributed by atoms with E-state index >= 15 is 0 Å². The monoisotopic (exact) mass is 278 g/mol. The molecular formula is C14H15ClN2O2. The van der Waals surface area contributed by atoms with E-state index in [0.717, 1.165) is 11.4 Å². The molecule has 100 valence electrons. The first kappa shape index (κ1) is 13.6. The summed E-state index contributed by atoms with van der Waals surface area (Å²) in [5.74, 6) is 0.362. The Labute approximate surface area is 116 Å². The van der Waals surface area contributed by atoms with E-state index in [4.69, 9.17) is 16.3 Å². The van der Waals surface area contributed by atoms with E-state index < -0.39 is 6.10 Å². The zero-order valence-corrected chi connectivity index (χ0v) is 11.8. The van der Waals surface area contributed by atoms with Crippen LogP contribution >= 0.6 is 11.6 Å². The maximum absolute atomic E-state index is 12.2. The van der Waals surface area contributed by atoms with Gasteiger partial charge in [-0.25, -0.2) is 4.68 Å². The molecule has 0 saturated heterocycles. The highest BCUT2D eigenvalue weighted by Crippen LogP contribution is 2.18. The van der Waals surface area contributed by atoms with Gasteiger partial charge in [0, 0.05) is 10.7 Å². The van der Waals surface area contributed by atoms with E-state index in [-0.39, 0.29) is 5.91 Å². The number of hydrogen-bond donors (Lipinski definition) is 0. The van der Waals surface area contributed by atoms with Crippen molar-refractivity contribution in [1.29, 1.82) is 0 Å². The molecule has 0 saturated carbocycles. The third-order valence-corrected chi connectivity index (χ3v) is 2.91. The van der Waals surface area contributed by atoms with E-state index in [1.54, 1.807) is 31.2 Å². The second-order valence-electron chi connectivity index (χ2n) is 4.39. The van der Waals surface area contributed by atoms with Gasteiger partial charge in [-0.15, -0.1) is 0 Å². The van der Waals surface area contributed by atoms with Crippen LogP contribution in [0, 0.1) is 13.8 Å². The lowest BCUT2D eigenvalue weighted by atomic mass is 10.3. The summed E-state index contributed by atoms with van der Waals surface area (Å²) in [6.45, 7) is 5.38. The predicted octanol–water partition coefficient (Wildman–Crippen LogP) is 3.26. The molecule has 4 nitrogen and oxygen atoms in total. The lowest BCUT2D eigenvalue weighted by Gasteiger charge is -2.14. The normalized spacial score (nSPS) is 12.2. The van der Waals surface area contributed by atoms with E-state index in [1.165, 1.54) is 4.68 Å². The lowest BCUT2D eigenvalue weighted by Crippen LogP contribution is -2.30. The smallest absolute Gasteiger partial charge is 0.287 e. The summed E-state index contributed by atoms with van der Waals surface area (Å²) in [5, 5.41) is 4.72. The largest absolute Gasteiger partial charge is 0.481 e. The fourth-order valence-corrected chi connectivity index (χ4v) is 2.00. The van der Waals surface area contributed by atoms with Gasteiger partial charge in [0.25, 0.3) is 5.91 Å². The maximum Gasteiger partial charge on any atom is 0.287 e. The average Bonchev–Trinajstić information content (AvgIpc) is 2.67. The van der Waals surface area contributed by atoms with Crippen LogP contribution in [0.2, 0.25) is 5.02 Å². The standard InChI is InChI=1S/C14H15ClN2O2/c1-9-7-10(2)17(16-9)14(18)11(3)19-13-6-4-5-12(15)8-13/h4-8,11H,1-3H3. The molecule has 2 rings (SSSR count). The van der Waals surface area contributed by atoms with Crippen molar-refractivity contribution in [3.8, 4) is 5.75 Å². The zero-order chi connectivity index (χ0) is 14.0. The minimum Gasteiger partial charge on any atom is -0.481 e. The van der Waals surface area contributed by atoms with Crippen LogP contribution in [0.15, 0.2) is 30.3 Å². The second kappa shape index (κ2) is 5.45. The summed E-state index contributed by atoms with van der Waals surface area (Å²) in [5.41, 5.74) is 1.60. The number of hydrogen-bond acceptors (Lipinski definition) is 3. The Kier molecular flexibility index (Phi) is 3.90. The molecule has 0 aliphatic rings. The highest BCUT2D eigenvalue weighted by atomic mass is 35.5. The van der Waals surface area contributed by atoms with Gasteiger partial charge in [0.1, 0.15) is 5.75 Å². The van der Waals surface area contributed by atoms with Crippen LogP contribution in [-0.2, 0) is 0 Å². The number of nitrogens with zero attached hydrogens (tertiary/aromatic N) is 2. The van der Waals surface area contributed by atoms with Gasteiger partial charge in [-0.2, -0.15) is 5.10 Å². The van der Waals surface area contributed by atoms with E-state index in [0.29, 0.717) is 10.8 Å². The summed E-state index contributed by atoms with van der Waals surface area (Å²) in [6, 6.07) is 8.81. The molecule has 1 aromatic carbocycles. The Morgan fingerprint density at radius 3 is 2.68 bits per heavy atom. The van der Waals surface area contributed by atoms with Gasteiger partial charge in [-0.05, 0) is 45.0 Å². The van der Waals surface area contributed by atoms with Crippen molar-refractivity contribution in [2.24, 2.45) is 0 Å². The second-order valence-corrected chi connectivity index (χ2v) is 4.83. The fraction of sp³-hybridized carbons (Fsp3) is 0.286. The third kappa shape index (κ3) is 3.15. The number of carbonyl (C=O) groups is 1. The van der Waals surface area contributed by atoms with Crippen LogP contribution in [0.25, 0.3) is 0 Å². The molecule has 5 heteroatoms. The molecule has 1 atom stereocenters. The van der Waals surface area contributed by atoms with Gasteiger partial charge >= 0.3 is 0 Å². The Hall–Kier alpha value is -1.81. The first-order chi connectivity index (χ1) is 8.97. The summed E-state index contributed by atoms with van der Waals surface area (Å²) in [7, 11) is 0. The number of ether oxygens (including phenoxy) is 1. The molecule has 0 N–H and O–H groups in total. The van der Waals surface area contributed by atoms with Crippen LogP contribution in [0.4, 0.5) is 0 Å². The van der Waals surface area contributed by atoms with Crippen molar-refractivity contribution in [2.45, 2.75) is 26.9 Å². The Balaban J connectivity index is 2.14. The third-order valence-electron chi connectivity index (χ3n) is 2.68. The minimum atomic E-state index is -0.628. The molecule has 19 heavy (non-hydrogen) atoms. The summed E-state index contributed by atoms with van der Waals surface area (Å²) in [6.07, 6.45) is -0.628. The predicted molar refractivity (Wildman–Crippen MR) is 73.9 cm³/mol. The molecule has 0 spiro atoms. The number of benzene rings is 1. The molecule has 0 radical (unpaired) electrons. The number of aromatic nitrogens is 2. The minimum absolute atomic E-state index is 0.203. The number of halogens is 1. The summed E-state index contributed by atoms with van der Waals surface area (Å²) >= 11 is 5.87. The van der Waals surface area contributed by atoms with Gasteiger partial charge in [0.05, 0.1) is 5.69 Å². The molecule has 0 aliphatic carbocycles. The summed E-state index contributed by atoms with van der Waals surface area (Å²) in [4.78, 5) is 12.2. The molecule has 0 fully saturated rings. The first-order valence-electron chi connectivity index (χ1n) is 5.97. The molecule has 0 bridgehead atoms. The van der Waals surface area contributed by atoms with Gasteiger partial charge < -0.3 is 4.74 Å². The van der Waals surface area contributed by atoms with Gasteiger partial charge in [-0.3, -0.25) is 4.79 Å². The molecule has 2 aromatic rings. The highest BCUT2D eigenvalue weighted by Gasteiger charge is 2.19. The topological polar surface area (TPSA) is 44.1 Å². The molecule has 0 aliphatic heterocycles. The van der Waals surface area contributed by atoms with E-state index in [1.807, 2.05) is 19.9 Å². The van der Waals surface area contributed by atoms with E-state index in [2.05, 4.69) is 5.10 Å². The number of aryl methyl sites for hydroxylation is 2. The van der Waals surface area contributed by atoms with Crippen LogP contribution in [-0.4, -0.2) is 21.8 Å². The van der Waals surface area contributed by atoms with Crippen LogP contribution in [0.5, 0.6) is 5.75 Å². The SMILES string of the molecule is Cc1cc(C)n(C(=O)C(C)Oc2cccc(Cl)c2)n1. The summed E-state index contributed by atoms with van der Waals surface area (Å²) < 4.78 is 6.95. The zero-order valence-electron chi connectivity index (χ0n) is 11.1. The van der Waals surface area contributed by atoms with Gasteiger partial charge in [0.15, 0.2) is 6.10 Å². The lowest BCUT2D eigenvalue weighted by molar-refractivity contribution is 0.0707. The highest BCUT2D eigenvalue weighted by molar-refractivity contribution is 6.30. The van der Waals surface area contributed by atoms with Gasteiger partial charge in [-0.1, -0.05) is 17.7 Å². The number of carbonyl (C=O) groups excluding carboxylic acids is 1. The molecule has 0 amide bonds. The molecule has 1 unspecified atom stereocenters. The maximum atomic E-state index is 12.2. The molecule has 1 heterocycles. The Morgan fingerprint density at radius 2 is 2.11 bits per heavy atom. The van der Waals surface area contributed by atoms with Crippen molar-refractivity contribution < 1.29 is 9.53 Å². The van der Waals surface area contributed by atoms with E-state index in [9.17, 15) is 4.79 Å². The van der Waals surface area contributed by atoms with Crippen molar-refractivity contribution in [3.05, 3.63) is 46.7 Å². The number of rotatable bonds is 3. The first-order valence-corrected chi connectivity index (χ1v) is 6.35. The fourth-order valence-electron chi connectivity index (χ4n) is 1.82. The quantitative estimate of drug-likeness (QED) is 0.865. The van der Waals surface area contributed by atoms with Crippen LogP contribution < -0.4 is 4.74 Å². The van der Waals surface area contributed by atoms with Crippen LogP contribution in [0.1, 0.15) is 23.1 Å². The van der Waals surface area contributed by atoms with Crippen molar-refractivity contribution >= 4 is 17.5 Å². The van der Waals surface area contributed by atoms with Crippen LogP contribution in [0.3, 0.4) is 0 Å². The van der Waals surface area contributed by atoms with Crippen molar-refractivity contribution in [1.82, 2.24) is 9.78 Å². The van der Waals surface area contributed by atoms with Crippen molar-refractivity contribution in [2.75, 3.05) is 0 Å².